The van der Waals surface area contributed by atoms with E-state index in [1.807, 2.05) is 0 Å². The van der Waals surface area contributed by atoms with Crippen LogP contribution in [-0.4, -0.2) is 52.3 Å². The fourth-order valence-corrected chi connectivity index (χ4v) is 3.51. The second-order valence-electron chi connectivity index (χ2n) is 5.99. The third kappa shape index (κ3) is 4.30. The van der Waals surface area contributed by atoms with E-state index < -0.39 is 11.9 Å². The fourth-order valence-electron chi connectivity index (χ4n) is 2.53. The zero-order valence-corrected chi connectivity index (χ0v) is 16.3. The largest absolute Gasteiger partial charge is 0.508 e. The summed E-state index contributed by atoms with van der Waals surface area (Å²) in [5, 5.41) is 19.1. The summed E-state index contributed by atoms with van der Waals surface area (Å²) in [6.45, 7) is 0. The van der Waals surface area contributed by atoms with Crippen LogP contribution in [0.4, 0.5) is 5.69 Å². The van der Waals surface area contributed by atoms with Crippen LogP contribution < -0.4 is 0 Å². The number of aromatic hydroxyl groups is 1. The van der Waals surface area contributed by atoms with Crippen molar-refractivity contribution < 1.29 is 29.3 Å². The number of phenolic OH excluding ortho intramolecular Hbond substituents is 1. The Morgan fingerprint density at radius 1 is 1.17 bits per heavy atom. The van der Waals surface area contributed by atoms with Crippen LogP contribution >= 0.6 is 11.8 Å². The number of aromatic carboxylic acids is 1. The minimum Gasteiger partial charge on any atom is -0.508 e. The highest BCUT2D eigenvalue weighted by atomic mass is 32.2. The second-order valence-corrected chi connectivity index (χ2v) is 7.00. The van der Waals surface area contributed by atoms with Gasteiger partial charge in [0.05, 0.1) is 28.8 Å². The predicted molar refractivity (Wildman–Crippen MR) is 108 cm³/mol. The van der Waals surface area contributed by atoms with E-state index in [-0.39, 0.29) is 22.9 Å². The molecule has 1 heterocycles. The normalized spacial score (nSPS) is 16.5. The maximum atomic E-state index is 12.5. The van der Waals surface area contributed by atoms with Gasteiger partial charge in [-0.25, -0.2) is 14.6 Å². The quantitative estimate of drug-likeness (QED) is 0.585. The highest BCUT2D eigenvalue weighted by Crippen LogP contribution is 2.34. The zero-order chi connectivity index (χ0) is 21.1. The van der Waals surface area contributed by atoms with Crippen LogP contribution in [0.15, 0.2) is 52.4 Å². The molecule has 0 aromatic heterocycles. The van der Waals surface area contributed by atoms with Crippen LogP contribution in [0, 0.1) is 0 Å². The summed E-state index contributed by atoms with van der Waals surface area (Å²) in [6.07, 6.45) is 1.65. The number of carbonyl (C=O) groups is 3. The predicted octanol–water partition coefficient (Wildman–Crippen LogP) is 3.11. The highest BCUT2D eigenvalue weighted by molar-refractivity contribution is 8.18. The number of benzene rings is 2. The maximum absolute atomic E-state index is 12.5. The summed E-state index contributed by atoms with van der Waals surface area (Å²) in [5.41, 5.74) is 1.06. The van der Waals surface area contributed by atoms with Crippen LogP contribution in [0.2, 0.25) is 0 Å². The number of carboxylic acids is 1. The van der Waals surface area contributed by atoms with Crippen molar-refractivity contribution in [1.29, 1.82) is 0 Å². The van der Waals surface area contributed by atoms with Crippen molar-refractivity contribution in [2.75, 3.05) is 14.2 Å². The Kier molecular flexibility index (Phi) is 5.69. The smallest absolute Gasteiger partial charge is 0.338 e. The minimum absolute atomic E-state index is 0.126. The summed E-state index contributed by atoms with van der Waals surface area (Å²) in [6, 6.07) is 10.4. The number of amidine groups is 1. The molecule has 1 aliphatic rings. The lowest BCUT2D eigenvalue weighted by molar-refractivity contribution is -0.121. The van der Waals surface area contributed by atoms with Crippen LogP contribution in [-0.2, 0) is 9.53 Å². The molecule has 0 radical (unpaired) electrons. The third-order valence-corrected chi connectivity index (χ3v) is 5.12. The molecule has 8 nitrogen and oxygen atoms in total. The van der Waals surface area contributed by atoms with Crippen LogP contribution in [0.25, 0.3) is 6.08 Å². The Morgan fingerprint density at radius 3 is 2.48 bits per heavy atom. The van der Waals surface area contributed by atoms with Gasteiger partial charge in [0.25, 0.3) is 5.91 Å². The first-order chi connectivity index (χ1) is 13.8. The van der Waals surface area contributed by atoms with E-state index in [1.165, 1.54) is 31.2 Å². The molecule has 2 aromatic carbocycles. The van der Waals surface area contributed by atoms with Crippen molar-refractivity contribution in [2.45, 2.75) is 0 Å². The second kappa shape index (κ2) is 8.19. The summed E-state index contributed by atoms with van der Waals surface area (Å²) in [5.74, 6) is -2.17. The summed E-state index contributed by atoms with van der Waals surface area (Å²) in [4.78, 5) is 41.4. The van der Waals surface area contributed by atoms with Gasteiger partial charge in [0.15, 0.2) is 5.17 Å². The molecule has 0 saturated carbocycles. The molecule has 29 heavy (non-hydrogen) atoms. The number of thioether (sulfide) groups is 1. The molecule has 1 amide bonds. The number of hydrogen-bond donors (Lipinski definition) is 2. The van der Waals surface area contributed by atoms with Gasteiger partial charge in [-0.3, -0.25) is 9.69 Å². The molecule has 148 valence electrons. The van der Waals surface area contributed by atoms with Gasteiger partial charge in [-0.1, -0.05) is 12.1 Å². The Balaban J connectivity index is 1.90. The van der Waals surface area contributed by atoms with Crippen molar-refractivity contribution in [3.05, 3.63) is 64.1 Å². The molecule has 2 N–H and O–H groups in total. The van der Waals surface area contributed by atoms with E-state index in [0.717, 1.165) is 17.8 Å². The monoisotopic (exact) mass is 412 g/mol. The summed E-state index contributed by atoms with van der Waals surface area (Å²) in [7, 11) is 2.84. The molecular weight excluding hydrogens is 396 g/mol. The SMILES string of the molecule is COC(=O)c1ccc(/C=C2\SC(=Nc3ccc(O)cc3C(=O)O)N(C)C2=O)cc1. The molecule has 9 heteroatoms. The Bertz CT molecular complexity index is 1060. The van der Waals surface area contributed by atoms with E-state index in [4.69, 9.17) is 0 Å². The summed E-state index contributed by atoms with van der Waals surface area (Å²) >= 11 is 1.10. The number of carbonyl (C=O) groups excluding carboxylic acids is 2. The average Bonchev–Trinajstić information content (AvgIpc) is 2.97. The van der Waals surface area contributed by atoms with E-state index >= 15 is 0 Å². The van der Waals surface area contributed by atoms with Gasteiger partial charge in [-0.05, 0) is 53.7 Å². The Hall–Kier alpha value is -3.59. The third-order valence-electron chi connectivity index (χ3n) is 4.06. The number of esters is 1. The van der Waals surface area contributed by atoms with Gasteiger partial charge < -0.3 is 14.9 Å². The van der Waals surface area contributed by atoms with Crippen LogP contribution in [0.1, 0.15) is 26.3 Å². The number of nitrogens with zero attached hydrogens (tertiary/aromatic N) is 2. The Labute approximate surface area is 170 Å². The molecule has 0 spiro atoms. The van der Waals surface area contributed by atoms with Crippen molar-refractivity contribution in [3.8, 4) is 5.75 Å². The van der Waals surface area contributed by atoms with Crippen LogP contribution in [0.5, 0.6) is 5.75 Å². The molecule has 2 aromatic rings. The van der Waals surface area contributed by atoms with E-state index in [2.05, 4.69) is 9.73 Å². The minimum atomic E-state index is -1.24. The number of hydrogen-bond acceptors (Lipinski definition) is 7. The van der Waals surface area contributed by atoms with Crippen molar-refractivity contribution in [1.82, 2.24) is 4.90 Å². The Morgan fingerprint density at radius 2 is 1.86 bits per heavy atom. The molecule has 0 atom stereocenters. The average molecular weight is 412 g/mol. The number of aliphatic imine (C=N–C) groups is 1. The molecular formula is C20H16N2O6S. The van der Waals surface area contributed by atoms with E-state index in [9.17, 15) is 24.6 Å². The number of methoxy groups -OCH3 is 1. The van der Waals surface area contributed by atoms with Gasteiger partial charge in [-0.2, -0.15) is 0 Å². The first-order valence-electron chi connectivity index (χ1n) is 8.31. The zero-order valence-electron chi connectivity index (χ0n) is 15.4. The number of ether oxygens (including phenoxy) is 1. The molecule has 3 rings (SSSR count). The molecule has 0 bridgehead atoms. The van der Waals surface area contributed by atoms with E-state index in [0.29, 0.717) is 21.2 Å². The van der Waals surface area contributed by atoms with Gasteiger partial charge in [-0.15, -0.1) is 0 Å². The van der Waals surface area contributed by atoms with Crippen molar-refractivity contribution in [3.63, 3.8) is 0 Å². The molecule has 1 aliphatic heterocycles. The van der Waals surface area contributed by atoms with Crippen LogP contribution in [0.3, 0.4) is 0 Å². The van der Waals surface area contributed by atoms with Crippen molar-refractivity contribution in [2.24, 2.45) is 4.99 Å². The van der Waals surface area contributed by atoms with Crippen molar-refractivity contribution >= 4 is 46.5 Å². The maximum Gasteiger partial charge on any atom is 0.338 e. The lowest BCUT2D eigenvalue weighted by Gasteiger charge is -2.08. The topological polar surface area (TPSA) is 116 Å². The van der Waals surface area contributed by atoms with Gasteiger partial charge >= 0.3 is 11.9 Å². The van der Waals surface area contributed by atoms with Gasteiger partial charge in [0.1, 0.15) is 5.75 Å². The number of carboxylic acid groups (broad SMARTS) is 1. The molecule has 0 unspecified atom stereocenters. The number of rotatable bonds is 4. The molecule has 0 aliphatic carbocycles. The standard InChI is InChI=1S/C20H16N2O6S/c1-22-17(24)16(9-11-3-5-12(6-4-11)19(27)28-2)29-20(22)21-15-8-7-13(23)10-14(15)18(25)26/h3-10,23H,1-2H3,(H,25,26)/b16-9-,21-20?. The first kappa shape index (κ1) is 20.2. The van der Waals surface area contributed by atoms with E-state index in [1.54, 1.807) is 30.3 Å². The fraction of sp³-hybridized carbons (Fsp3) is 0.100. The lowest BCUT2D eigenvalue weighted by Crippen LogP contribution is -2.23. The number of amides is 1. The van der Waals surface area contributed by atoms with Gasteiger partial charge in [0, 0.05) is 7.05 Å². The highest BCUT2D eigenvalue weighted by Gasteiger charge is 2.30. The lowest BCUT2D eigenvalue weighted by atomic mass is 10.1. The first-order valence-corrected chi connectivity index (χ1v) is 9.13. The number of likely N-dealkylation sites (N-methyl/N-ethyl adjacent to an activating group) is 1. The molecule has 1 saturated heterocycles. The number of phenols is 1. The van der Waals surface area contributed by atoms with Gasteiger partial charge in [0.2, 0.25) is 0 Å². The molecule has 1 fully saturated rings. The summed E-state index contributed by atoms with van der Waals surface area (Å²) < 4.78 is 4.65.